The Morgan fingerprint density at radius 1 is 1.24 bits per heavy atom. The zero-order chi connectivity index (χ0) is 12.5. The molecule has 0 heterocycles. The van der Waals surface area contributed by atoms with E-state index >= 15 is 0 Å². The number of hydrogen-bond acceptors (Lipinski definition) is 2. The number of hydrogen-bond donors (Lipinski definition) is 0. The fourth-order valence-corrected chi connectivity index (χ4v) is 4.69. The van der Waals surface area contributed by atoms with Crippen LogP contribution in [0.25, 0.3) is 0 Å². The van der Waals surface area contributed by atoms with Crippen molar-refractivity contribution in [3.05, 3.63) is 40.1 Å². The van der Waals surface area contributed by atoms with Crippen molar-refractivity contribution in [3.63, 3.8) is 0 Å². The molecule has 1 atom stereocenters. The first-order valence-corrected chi connectivity index (χ1v) is 8.18. The average Bonchev–Trinajstić information content (AvgIpc) is 2.54. The number of benzene rings is 1. The van der Waals surface area contributed by atoms with Crippen LogP contribution in [0.1, 0.15) is 20.3 Å². The van der Waals surface area contributed by atoms with Gasteiger partial charge in [0.15, 0.2) is 0 Å². The minimum Gasteiger partial charge on any atom is -0.133 e. The molecule has 3 heteroatoms. The molecule has 1 aliphatic carbocycles. The van der Waals surface area contributed by atoms with Gasteiger partial charge in [0.1, 0.15) is 0 Å². The molecule has 0 spiro atoms. The summed E-state index contributed by atoms with van der Waals surface area (Å²) in [7, 11) is 0. The zero-order valence-electron chi connectivity index (χ0n) is 10.4. The Balaban J connectivity index is 2.29. The van der Waals surface area contributed by atoms with Crippen LogP contribution in [0.2, 0.25) is 0 Å². The van der Waals surface area contributed by atoms with Crippen LogP contribution in [0.5, 0.6) is 0 Å². The Labute approximate surface area is 117 Å². The lowest BCUT2D eigenvalue weighted by Gasteiger charge is -2.26. The van der Waals surface area contributed by atoms with Gasteiger partial charge in [-0.1, -0.05) is 43.8 Å². The molecule has 0 fully saturated rings. The second-order valence-electron chi connectivity index (χ2n) is 4.76. The highest BCUT2D eigenvalue weighted by Crippen LogP contribution is 2.54. The molecule has 1 aromatic carbocycles. The second kappa shape index (κ2) is 5.29. The van der Waals surface area contributed by atoms with Gasteiger partial charge < -0.3 is 0 Å². The molecule has 1 aromatic rings. The van der Waals surface area contributed by atoms with Gasteiger partial charge in [-0.25, -0.2) is 0 Å². The van der Waals surface area contributed by atoms with Gasteiger partial charge >= 0.3 is 0 Å². The lowest BCUT2D eigenvalue weighted by atomic mass is 9.93. The quantitative estimate of drug-likeness (QED) is 0.683. The first-order valence-electron chi connectivity index (χ1n) is 5.70. The SMILES string of the molecule is CSC1=C(Sc2ccccc2)C(C)(C)C(Cl)C1. The van der Waals surface area contributed by atoms with Crippen LogP contribution in [0.3, 0.4) is 0 Å². The molecule has 0 nitrogen and oxygen atoms in total. The topological polar surface area (TPSA) is 0 Å². The Morgan fingerprint density at radius 2 is 1.88 bits per heavy atom. The highest BCUT2D eigenvalue weighted by atomic mass is 35.5. The van der Waals surface area contributed by atoms with Crippen molar-refractivity contribution < 1.29 is 0 Å². The lowest BCUT2D eigenvalue weighted by molar-refractivity contribution is 0.471. The van der Waals surface area contributed by atoms with E-state index in [-0.39, 0.29) is 10.8 Å². The normalized spacial score (nSPS) is 23.2. The third-order valence-electron chi connectivity index (χ3n) is 3.20. The van der Waals surface area contributed by atoms with Gasteiger partial charge in [0.05, 0.1) is 0 Å². The molecule has 0 bridgehead atoms. The van der Waals surface area contributed by atoms with E-state index in [0.29, 0.717) is 0 Å². The van der Waals surface area contributed by atoms with E-state index in [4.69, 9.17) is 11.6 Å². The molecule has 0 saturated carbocycles. The molecule has 0 amide bonds. The molecule has 17 heavy (non-hydrogen) atoms. The predicted octanol–water partition coefficient (Wildman–Crippen LogP) is 5.39. The maximum atomic E-state index is 6.47. The Bertz CT molecular complexity index is 423. The van der Waals surface area contributed by atoms with E-state index in [2.05, 4.69) is 50.4 Å². The summed E-state index contributed by atoms with van der Waals surface area (Å²) < 4.78 is 0. The van der Waals surface area contributed by atoms with Crippen molar-refractivity contribution in [1.29, 1.82) is 0 Å². The smallest absolute Gasteiger partial charge is 0.0478 e. The van der Waals surface area contributed by atoms with Crippen molar-refractivity contribution in [1.82, 2.24) is 0 Å². The third-order valence-corrected chi connectivity index (χ3v) is 6.37. The average molecular weight is 285 g/mol. The molecule has 0 aliphatic heterocycles. The Kier molecular flexibility index (Phi) is 4.17. The summed E-state index contributed by atoms with van der Waals surface area (Å²) in [5.74, 6) is 0. The highest BCUT2D eigenvalue weighted by Gasteiger charge is 2.40. The standard InChI is InChI=1S/C14H17ClS2/c1-14(2)12(15)9-11(16-3)13(14)17-10-7-5-4-6-8-10/h4-8,12H,9H2,1-3H3. The molecule has 1 unspecified atom stereocenters. The molecule has 0 N–H and O–H groups in total. The Hall–Kier alpha value is -0.0500. The van der Waals surface area contributed by atoms with Crippen LogP contribution < -0.4 is 0 Å². The van der Waals surface area contributed by atoms with Crippen molar-refractivity contribution >= 4 is 35.1 Å². The molecule has 0 aromatic heterocycles. The number of allylic oxidation sites excluding steroid dienone is 2. The van der Waals surface area contributed by atoms with E-state index < -0.39 is 0 Å². The molecule has 2 rings (SSSR count). The minimum atomic E-state index is 0.0837. The largest absolute Gasteiger partial charge is 0.133 e. The molecular weight excluding hydrogens is 268 g/mol. The Morgan fingerprint density at radius 3 is 2.47 bits per heavy atom. The van der Waals surface area contributed by atoms with E-state index in [1.807, 2.05) is 23.5 Å². The lowest BCUT2D eigenvalue weighted by Crippen LogP contribution is -2.20. The van der Waals surface area contributed by atoms with E-state index in [1.54, 1.807) is 0 Å². The van der Waals surface area contributed by atoms with Crippen molar-refractivity contribution in [3.8, 4) is 0 Å². The van der Waals surface area contributed by atoms with Crippen LogP contribution in [-0.4, -0.2) is 11.6 Å². The maximum Gasteiger partial charge on any atom is 0.0478 e. The third kappa shape index (κ3) is 2.69. The summed E-state index contributed by atoms with van der Waals surface area (Å²) in [6, 6.07) is 10.5. The monoisotopic (exact) mass is 284 g/mol. The van der Waals surface area contributed by atoms with Gasteiger partial charge in [0.2, 0.25) is 0 Å². The molecule has 0 saturated heterocycles. The van der Waals surface area contributed by atoms with Gasteiger partial charge in [-0.05, 0) is 29.7 Å². The summed E-state index contributed by atoms with van der Waals surface area (Å²) in [6.07, 6.45) is 3.15. The summed E-state index contributed by atoms with van der Waals surface area (Å²) in [5.41, 5.74) is 0.0837. The fraction of sp³-hybridized carbons (Fsp3) is 0.429. The first kappa shape index (κ1) is 13.4. The summed E-state index contributed by atoms with van der Waals surface area (Å²) in [5, 5.41) is 0.219. The fourth-order valence-electron chi connectivity index (χ4n) is 1.98. The van der Waals surface area contributed by atoms with Crippen molar-refractivity contribution in [2.75, 3.05) is 6.26 Å². The van der Waals surface area contributed by atoms with Crippen LogP contribution >= 0.6 is 35.1 Å². The van der Waals surface area contributed by atoms with Crippen LogP contribution in [0.4, 0.5) is 0 Å². The van der Waals surface area contributed by atoms with Gasteiger partial charge in [0.25, 0.3) is 0 Å². The van der Waals surface area contributed by atoms with Gasteiger partial charge in [-0.3, -0.25) is 0 Å². The van der Waals surface area contributed by atoms with Gasteiger partial charge in [0, 0.05) is 20.6 Å². The first-order chi connectivity index (χ1) is 8.05. The summed E-state index contributed by atoms with van der Waals surface area (Å²) in [4.78, 5) is 4.19. The maximum absolute atomic E-state index is 6.47. The summed E-state index contributed by atoms with van der Waals surface area (Å²) >= 11 is 10.2. The van der Waals surface area contributed by atoms with Crippen molar-refractivity contribution in [2.24, 2.45) is 5.41 Å². The molecule has 92 valence electrons. The van der Waals surface area contributed by atoms with Crippen LogP contribution in [-0.2, 0) is 0 Å². The molecule has 0 radical (unpaired) electrons. The number of rotatable bonds is 3. The van der Waals surface area contributed by atoms with Gasteiger partial charge in [-0.2, -0.15) is 0 Å². The predicted molar refractivity (Wildman–Crippen MR) is 80.9 cm³/mol. The second-order valence-corrected chi connectivity index (χ2v) is 7.28. The minimum absolute atomic E-state index is 0.0837. The van der Waals surface area contributed by atoms with E-state index in [9.17, 15) is 0 Å². The van der Waals surface area contributed by atoms with E-state index in [0.717, 1.165) is 6.42 Å². The number of thioether (sulfide) groups is 2. The van der Waals surface area contributed by atoms with Crippen LogP contribution in [0.15, 0.2) is 45.0 Å². The molecule has 1 aliphatic rings. The molecular formula is C14H17ClS2. The number of halogens is 1. The zero-order valence-corrected chi connectivity index (χ0v) is 12.8. The number of alkyl halides is 1. The van der Waals surface area contributed by atoms with Crippen LogP contribution in [0, 0.1) is 5.41 Å². The van der Waals surface area contributed by atoms with E-state index in [1.165, 1.54) is 14.7 Å². The highest BCUT2D eigenvalue weighted by molar-refractivity contribution is 8.06. The summed E-state index contributed by atoms with van der Waals surface area (Å²) in [6.45, 7) is 4.50. The van der Waals surface area contributed by atoms with Crippen molar-refractivity contribution in [2.45, 2.75) is 30.5 Å². The van der Waals surface area contributed by atoms with Gasteiger partial charge in [-0.15, -0.1) is 23.4 Å².